The molecular weight excluding hydrogens is 283 g/mol. The van der Waals surface area contributed by atoms with Crippen LogP contribution in [0.3, 0.4) is 0 Å². The molecule has 0 amide bonds. The van der Waals surface area contributed by atoms with Crippen molar-refractivity contribution in [3.05, 3.63) is 33.4 Å². The molecule has 1 rings (SSSR count). The van der Waals surface area contributed by atoms with Gasteiger partial charge < -0.3 is 9.84 Å². The van der Waals surface area contributed by atoms with Crippen molar-refractivity contribution in [1.29, 1.82) is 0 Å². The van der Waals surface area contributed by atoms with Gasteiger partial charge in [0.05, 0.1) is 22.2 Å². The first-order valence-corrected chi connectivity index (χ1v) is 5.33. The number of rotatable bonds is 4. The second-order valence-electron chi connectivity index (χ2n) is 4.09. The highest BCUT2D eigenvalue weighted by atomic mass is 19.4. The summed E-state index contributed by atoms with van der Waals surface area (Å²) in [6.07, 6.45) is -5.57. The third-order valence-corrected chi connectivity index (χ3v) is 2.19. The molecule has 0 radical (unpaired) electrons. The molecule has 110 valence electrons. The summed E-state index contributed by atoms with van der Waals surface area (Å²) >= 11 is 0. The van der Waals surface area contributed by atoms with Crippen LogP contribution in [0.2, 0.25) is 0 Å². The fraction of sp³-hybridized carbons (Fsp3) is 0.364. The number of halogens is 3. The summed E-state index contributed by atoms with van der Waals surface area (Å²) in [5.41, 5.74) is -3.52. The first-order chi connectivity index (χ1) is 9.04. The van der Waals surface area contributed by atoms with Crippen LogP contribution >= 0.6 is 0 Å². The maximum absolute atomic E-state index is 12.8. The van der Waals surface area contributed by atoms with Crippen molar-refractivity contribution < 1.29 is 32.7 Å². The Morgan fingerprint density at radius 2 is 1.95 bits per heavy atom. The summed E-state index contributed by atoms with van der Waals surface area (Å²) in [4.78, 5) is 20.6. The summed E-state index contributed by atoms with van der Waals surface area (Å²) in [6.45, 7) is 2.95. The normalized spacial score (nSPS) is 11.5. The number of carboxylic acids is 1. The molecule has 1 aromatic rings. The van der Waals surface area contributed by atoms with Crippen LogP contribution in [0.1, 0.15) is 29.8 Å². The molecule has 9 heteroatoms. The van der Waals surface area contributed by atoms with E-state index in [9.17, 15) is 28.1 Å². The van der Waals surface area contributed by atoms with E-state index >= 15 is 0 Å². The van der Waals surface area contributed by atoms with E-state index in [1.54, 1.807) is 0 Å². The van der Waals surface area contributed by atoms with E-state index < -0.39 is 45.7 Å². The Morgan fingerprint density at radius 3 is 2.30 bits per heavy atom. The van der Waals surface area contributed by atoms with E-state index in [0.29, 0.717) is 12.1 Å². The minimum atomic E-state index is -4.96. The maximum atomic E-state index is 12.8. The lowest BCUT2D eigenvalue weighted by atomic mass is 10.1. The molecule has 0 saturated carbocycles. The Morgan fingerprint density at radius 1 is 1.40 bits per heavy atom. The molecule has 0 aromatic heterocycles. The highest BCUT2D eigenvalue weighted by molar-refractivity contribution is 5.91. The van der Waals surface area contributed by atoms with Gasteiger partial charge in [-0.15, -0.1) is 0 Å². The third kappa shape index (κ3) is 3.37. The molecule has 0 unspecified atom stereocenters. The number of hydrogen-bond acceptors (Lipinski definition) is 4. The van der Waals surface area contributed by atoms with Gasteiger partial charge in [0.15, 0.2) is 5.75 Å². The molecule has 1 aromatic carbocycles. The smallest absolute Gasteiger partial charge is 0.417 e. The van der Waals surface area contributed by atoms with Gasteiger partial charge in [0.1, 0.15) is 0 Å². The van der Waals surface area contributed by atoms with Crippen molar-refractivity contribution in [2.45, 2.75) is 26.1 Å². The van der Waals surface area contributed by atoms with Crippen molar-refractivity contribution in [3.8, 4) is 5.75 Å². The van der Waals surface area contributed by atoms with Crippen LogP contribution in [0.4, 0.5) is 18.9 Å². The zero-order valence-electron chi connectivity index (χ0n) is 10.4. The number of nitro benzene ring substituents is 1. The Balaban J connectivity index is 3.60. The SMILES string of the molecule is CC(C)Oc1cc(C(F)(F)F)c(C(=O)O)cc1[N+](=O)[O-]. The number of carboxylic acid groups (broad SMARTS) is 1. The van der Waals surface area contributed by atoms with E-state index in [-0.39, 0.29) is 0 Å². The molecule has 0 aliphatic heterocycles. The van der Waals surface area contributed by atoms with Crippen LogP contribution in [0.15, 0.2) is 12.1 Å². The molecular formula is C11H10F3NO5. The number of alkyl halides is 3. The summed E-state index contributed by atoms with van der Waals surface area (Å²) < 4.78 is 43.3. The van der Waals surface area contributed by atoms with Gasteiger partial charge >= 0.3 is 17.8 Å². The van der Waals surface area contributed by atoms with Crippen LogP contribution in [0, 0.1) is 10.1 Å². The largest absolute Gasteiger partial charge is 0.484 e. The van der Waals surface area contributed by atoms with E-state index in [1.165, 1.54) is 13.8 Å². The number of aromatic carboxylic acids is 1. The Bertz CT molecular complexity index is 554. The fourth-order valence-corrected chi connectivity index (χ4v) is 1.47. The number of hydrogen-bond donors (Lipinski definition) is 1. The summed E-state index contributed by atoms with van der Waals surface area (Å²) in [5, 5.41) is 19.5. The van der Waals surface area contributed by atoms with Crippen molar-refractivity contribution in [2.24, 2.45) is 0 Å². The second kappa shape index (κ2) is 5.35. The molecule has 0 heterocycles. The van der Waals surface area contributed by atoms with Crippen LogP contribution in [0.25, 0.3) is 0 Å². The Hall–Kier alpha value is -2.32. The molecule has 0 aliphatic rings. The molecule has 6 nitrogen and oxygen atoms in total. The van der Waals surface area contributed by atoms with Gasteiger partial charge in [-0.05, 0) is 13.8 Å². The van der Waals surface area contributed by atoms with Gasteiger partial charge in [0.2, 0.25) is 0 Å². The van der Waals surface area contributed by atoms with E-state index in [4.69, 9.17) is 9.84 Å². The number of carbonyl (C=O) groups is 1. The molecule has 0 saturated heterocycles. The lowest BCUT2D eigenvalue weighted by Gasteiger charge is -2.15. The lowest BCUT2D eigenvalue weighted by molar-refractivity contribution is -0.386. The summed E-state index contributed by atoms with van der Waals surface area (Å²) in [5.74, 6) is -2.53. The van der Waals surface area contributed by atoms with Crippen LogP contribution < -0.4 is 4.74 Å². The van der Waals surface area contributed by atoms with Crippen LogP contribution in [0.5, 0.6) is 5.75 Å². The second-order valence-corrected chi connectivity index (χ2v) is 4.09. The highest BCUT2D eigenvalue weighted by Gasteiger charge is 2.38. The van der Waals surface area contributed by atoms with Crippen molar-refractivity contribution >= 4 is 11.7 Å². The molecule has 0 aliphatic carbocycles. The average Bonchev–Trinajstić information content (AvgIpc) is 2.25. The van der Waals surface area contributed by atoms with Crippen LogP contribution in [-0.2, 0) is 6.18 Å². The fourth-order valence-electron chi connectivity index (χ4n) is 1.47. The van der Waals surface area contributed by atoms with Gasteiger partial charge in [0, 0.05) is 12.1 Å². The monoisotopic (exact) mass is 293 g/mol. The Labute approximate surface area is 110 Å². The number of benzene rings is 1. The predicted octanol–water partition coefficient (Wildman–Crippen LogP) is 3.10. The van der Waals surface area contributed by atoms with Gasteiger partial charge in [-0.1, -0.05) is 0 Å². The van der Waals surface area contributed by atoms with Gasteiger partial charge in [-0.3, -0.25) is 10.1 Å². The molecule has 0 bridgehead atoms. The quantitative estimate of drug-likeness (QED) is 0.680. The van der Waals surface area contributed by atoms with Crippen molar-refractivity contribution in [1.82, 2.24) is 0 Å². The number of ether oxygens (including phenoxy) is 1. The highest BCUT2D eigenvalue weighted by Crippen LogP contribution is 2.39. The third-order valence-electron chi connectivity index (χ3n) is 2.19. The summed E-state index contributed by atoms with van der Waals surface area (Å²) in [7, 11) is 0. The average molecular weight is 293 g/mol. The molecule has 20 heavy (non-hydrogen) atoms. The standard InChI is InChI=1S/C11H10F3NO5/c1-5(2)20-9-4-7(11(12,13)14)6(10(16)17)3-8(9)15(18)19/h3-5H,1-2H3,(H,16,17). The van der Waals surface area contributed by atoms with E-state index in [0.717, 1.165) is 0 Å². The first-order valence-electron chi connectivity index (χ1n) is 5.33. The topological polar surface area (TPSA) is 89.7 Å². The molecule has 0 fully saturated rings. The number of nitrogens with zero attached hydrogens (tertiary/aromatic N) is 1. The maximum Gasteiger partial charge on any atom is 0.417 e. The zero-order chi connectivity index (χ0) is 15.7. The minimum absolute atomic E-state index is 0.335. The van der Waals surface area contributed by atoms with Crippen molar-refractivity contribution in [2.75, 3.05) is 0 Å². The van der Waals surface area contributed by atoms with Gasteiger partial charge in [-0.2, -0.15) is 13.2 Å². The zero-order valence-corrected chi connectivity index (χ0v) is 10.4. The Kier molecular flexibility index (Phi) is 4.21. The van der Waals surface area contributed by atoms with E-state index in [1.807, 2.05) is 0 Å². The summed E-state index contributed by atoms with van der Waals surface area (Å²) in [6, 6.07) is 0.685. The lowest BCUT2D eigenvalue weighted by Crippen LogP contribution is -2.15. The predicted molar refractivity (Wildman–Crippen MR) is 60.8 cm³/mol. The first kappa shape index (κ1) is 15.7. The van der Waals surface area contributed by atoms with Crippen LogP contribution in [-0.4, -0.2) is 22.1 Å². The molecule has 0 atom stereocenters. The molecule has 1 N–H and O–H groups in total. The van der Waals surface area contributed by atoms with Crippen molar-refractivity contribution in [3.63, 3.8) is 0 Å². The molecule has 0 spiro atoms. The van der Waals surface area contributed by atoms with Gasteiger partial charge in [-0.25, -0.2) is 4.79 Å². The number of nitro groups is 1. The van der Waals surface area contributed by atoms with E-state index in [2.05, 4.69) is 0 Å². The van der Waals surface area contributed by atoms with Gasteiger partial charge in [0.25, 0.3) is 0 Å². The minimum Gasteiger partial charge on any atom is -0.484 e.